The number of rotatable bonds is 2. The van der Waals surface area contributed by atoms with E-state index >= 15 is 0 Å². The lowest BCUT2D eigenvalue weighted by Crippen LogP contribution is -2.55. The number of alkyl halides is 12. The van der Waals surface area contributed by atoms with Crippen LogP contribution in [0.4, 0.5) is 56.6 Å². The van der Waals surface area contributed by atoms with Crippen LogP contribution in [0.2, 0.25) is 0 Å². The third kappa shape index (κ3) is 3.28. The number of halogens is 13. The first-order chi connectivity index (χ1) is 8.38. The van der Waals surface area contributed by atoms with Gasteiger partial charge in [0.25, 0.3) is 0 Å². The molecule has 0 amide bonds. The smallest absolute Gasteiger partial charge is 0.207 e. The minimum absolute atomic E-state index is 0.373. The van der Waals surface area contributed by atoms with Crippen molar-refractivity contribution in [3.8, 4) is 0 Å². The first kappa shape index (κ1) is 19.2. The van der Waals surface area contributed by atoms with Gasteiger partial charge in [-0.25, -0.2) is 4.39 Å². The molecule has 0 fully saturated rings. The Labute approximate surface area is 103 Å². The Bertz CT molecular complexity index is 371. The Morgan fingerprint density at radius 1 is 0.550 bits per heavy atom. The molecule has 15 heteroatoms. The molecule has 20 heavy (non-hydrogen) atoms. The summed E-state index contributed by atoms with van der Waals surface area (Å²) in [6.07, 6.45) is -21.1. The molecule has 0 N–H and O–H groups in total. The van der Waals surface area contributed by atoms with Crippen molar-refractivity contribution in [1.29, 1.82) is 0 Å². The summed E-state index contributed by atoms with van der Waals surface area (Å²) in [5.41, 5.74) is 0. The molecule has 1 atom stereocenters. The predicted molar refractivity (Wildman–Crippen MR) is 37.9 cm³/mol. The van der Waals surface area contributed by atoms with Gasteiger partial charge < -0.3 is 0 Å². The van der Waals surface area contributed by atoms with E-state index in [0.717, 1.165) is 0 Å². The van der Waals surface area contributed by atoms with Gasteiger partial charge in [0.2, 0.25) is 0 Å². The van der Waals surface area contributed by atoms with E-state index in [1.807, 2.05) is 0 Å². The summed E-state index contributed by atoms with van der Waals surface area (Å²) in [5, 5.41) is -6.98. The molecule has 0 spiro atoms. The lowest BCUT2D eigenvalue weighted by atomic mass is 10.3. The Balaban J connectivity index is 6.04. The number of hydrogen-bond acceptors (Lipinski definition) is 1. The third-order valence-corrected chi connectivity index (χ3v) is 2.81. The van der Waals surface area contributed by atoms with Crippen molar-refractivity contribution >= 4 is 11.1 Å². The maximum atomic E-state index is 12.7. The Morgan fingerprint density at radius 3 is 1.05 bits per heavy atom. The third-order valence-electron chi connectivity index (χ3n) is 1.50. The predicted octanol–water partition coefficient (Wildman–Crippen LogP) is 4.62. The summed E-state index contributed by atoms with van der Waals surface area (Å²) in [4.78, 5) is 0. The molecule has 0 radical (unpaired) electrons. The summed E-state index contributed by atoms with van der Waals surface area (Å²) >= 11 is -5.89. The van der Waals surface area contributed by atoms with Crippen molar-refractivity contribution in [1.82, 2.24) is 0 Å². The molecule has 1 unspecified atom stereocenters. The topological polar surface area (TPSA) is 12.4 Å². The molecule has 0 aromatic rings. The Kier molecular flexibility index (Phi) is 4.72. The van der Waals surface area contributed by atoms with Gasteiger partial charge in [0.1, 0.15) is 11.1 Å². The molecule has 0 saturated heterocycles. The van der Waals surface area contributed by atoms with Gasteiger partial charge in [-0.15, -0.1) is 0 Å². The van der Waals surface area contributed by atoms with Crippen LogP contribution in [0.5, 0.6) is 0 Å². The molecule has 0 aliphatic rings. The monoisotopic (exact) mass is 353 g/mol. The quantitative estimate of drug-likeness (QED) is 0.508. The molecular formula is C5F13NS. The van der Waals surface area contributed by atoms with Crippen LogP contribution in [-0.4, -0.2) is 29.6 Å². The van der Waals surface area contributed by atoms with E-state index in [1.165, 1.54) is 0 Å². The highest BCUT2D eigenvalue weighted by Gasteiger charge is 2.77. The molecule has 0 heterocycles. The van der Waals surface area contributed by atoms with E-state index in [4.69, 9.17) is 0 Å². The minimum Gasteiger partial charge on any atom is -0.207 e. The highest BCUT2D eigenvalue weighted by atomic mass is 32.2. The average Bonchev–Trinajstić information content (AvgIpc) is 2.09. The summed E-state index contributed by atoms with van der Waals surface area (Å²) in [6, 6.07) is -6.63. The van der Waals surface area contributed by atoms with E-state index in [-0.39, 0.29) is 0 Å². The summed E-state index contributed by atoms with van der Waals surface area (Å²) in [5.74, 6) is 0. The van der Waals surface area contributed by atoms with E-state index in [1.54, 1.807) is 0 Å². The molecule has 0 rings (SSSR count). The molecule has 0 bridgehead atoms. The minimum atomic E-state index is -7.14. The van der Waals surface area contributed by atoms with Gasteiger partial charge in [-0.05, 0) is 0 Å². The van der Waals surface area contributed by atoms with Crippen LogP contribution < -0.4 is 0 Å². The molecule has 0 aromatic carbocycles. The zero-order valence-corrected chi connectivity index (χ0v) is 9.09. The van der Waals surface area contributed by atoms with Gasteiger partial charge in [0, 0.05) is 0 Å². The highest BCUT2D eigenvalue weighted by molar-refractivity contribution is 7.83. The maximum absolute atomic E-state index is 12.7. The molecule has 122 valence electrons. The van der Waals surface area contributed by atoms with E-state index in [0.29, 0.717) is 4.36 Å². The van der Waals surface area contributed by atoms with Crippen molar-refractivity contribution in [2.24, 2.45) is 4.36 Å². The lowest BCUT2D eigenvalue weighted by Gasteiger charge is -2.28. The van der Waals surface area contributed by atoms with Crippen LogP contribution in [0.3, 0.4) is 0 Å². The normalized spacial score (nSPS) is 17.4. The largest absolute Gasteiger partial charge is 0.478 e. The second-order valence-corrected chi connectivity index (χ2v) is 4.18. The number of hydrogen-bond donors (Lipinski definition) is 0. The molecule has 0 aliphatic carbocycles. The van der Waals surface area contributed by atoms with Gasteiger partial charge in [0.15, 0.2) is 0 Å². The van der Waals surface area contributed by atoms with Crippen molar-refractivity contribution < 1.29 is 56.6 Å². The Hall–Kier alpha value is -0.760. The number of nitrogens with zero attached hydrogens (tertiary/aromatic N) is 1. The van der Waals surface area contributed by atoms with Crippen molar-refractivity contribution in [3.05, 3.63) is 0 Å². The fraction of sp³-hybridized carbons (Fsp3) is 1.00. The Morgan fingerprint density at radius 2 is 0.850 bits per heavy atom. The van der Waals surface area contributed by atoms with Gasteiger partial charge in [-0.2, -0.15) is 56.5 Å². The molecule has 0 aromatic heterocycles. The summed E-state index contributed by atoms with van der Waals surface area (Å²) < 4.78 is 155. The first-order valence-corrected chi connectivity index (χ1v) is 4.86. The SMILES string of the molecule is FS(=NC(F)(F)C(F)(F)F)C(F)(C(F)(F)F)C(F)(F)F. The van der Waals surface area contributed by atoms with Crippen molar-refractivity contribution in [2.75, 3.05) is 0 Å². The van der Waals surface area contributed by atoms with Crippen LogP contribution in [0, 0.1) is 0 Å². The van der Waals surface area contributed by atoms with Gasteiger partial charge in [-0.3, -0.25) is 0 Å². The van der Waals surface area contributed by atoms with Gasteiger partial charge in [-0.1, -0.05) is 0 Å². The van der Waals surface area contributed by atoms with E-state index in [9.17, 15) is 56.6 Å². The highest BCUT2D eigenvalue weighted by Crippen LogP contribution is 2.51. The van der Waals surface area contributed by atoms with Gasteiger partial charge in [0.05, 0.1) is 0 Å². The lowest BCUT2D eigenvalue weighted by molar-refractivity contribution is -0.306. The van der Waals surface area contributed by atoms with E-state index in [2.05, 4.69) is 0 Å². The van der Waals surface area contributed by atoms with Crippen molar-refractivity contribution in [3.63, 3.8) is 0 Å². The summed E-state index contributed by atoms with van der Waals surface area (Å²) in [7, 11) is 0. The zero-order chi connectivity index (χ0) is 16.8. The van der Waals surface area contributed by atoms with Gasteiger partial charge >= 0.3 is 29.6 Å². The average molecular weight is 353 g/mol. The second kappa shape index (κ2) is 4.91. The van der Waals surface area contributed by atoms with Crippen LogP contribution in [0.15, 0.2) is 4.36 Å². The van der Waals surface area contributed by atoms with Crippen LogP contribution >= 0.6 is 0 Å². The van der Waals surface area contributed by atoms with Crippen molar-refractivity contribution in [2.45, 2.75) is 29.6 Å². The standard InChI is InChI=1S/C5F13NS/c6-1(2(7,8)9,3(10,11)12)20(18)19-5(16,17)4(13,14)15. The second-order valence-electron chi connectivity index (χ2n) is 2.96. The van der Waals surface area contributed by atoms with Crippen LogP contribution in [0.25, 0.3) is 0 Å². The first-order valence-electron chi connectivity index (χ1n) is 3.78. The fourth-order valence-corrected chi connectivity index (χ4v) is 1.38. The molecule has 0 saturated carbocycles. The molecular weight excluding hydrogens is 353 g/mol. The maximum Gasteiger partial charge on any atom is 0.478 e. The molecule has 0 aliphatic heterocycles. The molecule has 1 nitrogen and oxygen atoms in total. The van der Waals surface area contributed by atoms with Crippen LogP contribution in [-0.2, 0) is 11.1 Å². The van der Waals surface area contributed by atoms with Crippen LogP contribution in [0.1, 0.15) is 0 Å². The summed E-state index contributed by atoms with van der Waals surface area (Å²) in [6.45, 7) is 0. The van der Waals surface area contributed by atoms with E-state index < -0.39 is 40.7 Å². The zero-order valence-electron chi connectivity index (χ0n) is 8.27. The fourth-order valence-electron chi connectivity index (χ4n) is 0.567.